The van der Waals surface area contributed by atoms with Crippen LogP contribution in [0.4, 0.5) is 23.7 Å². The number of ether oxygens (including phenoxy) is 1. The van der Waals surface area contributed by atoms with Gasteiger partial charge in [-0.1, -0.05) is 6.07 Å². The summed E-state index contributed by atoms with van der Waals surface area (Å²) in [6.45, 7) is 4.70. The number of hydrogen-bond donors (Lipinski definition) is 2. The predicted octanol–water partition coefficient (Wildman–Crippen LogP) is 3.31. The second-order valence-corrected chi connectivity index (χ2v) is 5.27. The minimum absolute atomic E-state index is 0.0124. The number of alkyl carbamates (subject to hydrolysis) is 1. The molecular formula is C13H17F3N2O2. The third kappa shape index (κ3) is 4.99. The van der Waals surface area contributed by atoms with Crippen LogP contribution in [0.1, 0.15) is 31.9 Å². The first-order valence-electron chi connectivity index (χ1n) is 5.91. The SMILES string of the molecule is CC(C)(C)OC(=O)NCc1ccc(N)cc1C(F)(F)F. The first-order chi connectivity index (χ1) is 8.99. The molecule has 0 fully saturated rings. The first-order valence-corrected chi connectivity index (χ1v) is 5.91. The summed E-state index contributed by atoms with van der Waals surface area (Å²) in [5, 5.41) is 2.29. The van der Waals surface area contributed by atoms with Crippen LogP contribution in [0.25, 0.3) is 0 Å². The lowest BCUT2D eigenvalue weighted by atomic mass is 10.1. The lowest BCUT2D eigenvalue weighted by Gasteiger charge is -2.20. The zero-order valence-electron chi connectivity index (χ0n) is 11.5. The van der Waals surface area contributed by atoms with Crippen molar-refractivity contribution in [3.63, 3.8) is 0 Å². The van der Waals surface area contributed by atoms with Gasteiger partial charge in [0, 0.05) is 12.2 Å². The Morgan fingerprint density at radius 2 is 1.90 bits per heavy atom. The van der Waals surface area contributed by atoms with Crippen molar-refractivity contribution in [3.05, 3.63) is 29.3 Å². The van der Waals surface area contributed by atoms with E-state index >= 15 is 0 Å². The fourth-order valence-corrected chi connectivity index (χ4v) is 1.49. The Hall–Kier alpha value is -1.92. The Bertz CT molecular complexity index is 493. The molecule has 0 atom stereocenters. The number of benzene rings is 1. The van der Waals surface area contributed by atoms with E-state index in [1.807, 2.05) is 0 Å². The van der Waals surface area contributed by atoms with E-state index in [0.717, 1.165) is 6.07 Å². The normalized spacial score (nSPS) is 12.1. The molecule has 1 aromatic carbocycles. The van der Waals surface area contributed by atoms with Crippen molar-refractivity contribution in [3.8, 4) is 0 Å². The molecule has 1 amide bonds. The zero-order chi connectivity index (χ0) is 15.6. The summed E-state index contributed by atoms with van der Waals surface area (Å²) in [5.41, 5.74) is 3.71. The molecule has 0 saturated carbocycles. The molecule has 1 rings (SSSR count). The molecule has 3 N–H and O–H groups in total. The lowest BCUT2D eigenvalue weighted by Crippen LogP contribution is -2.32. The molecule has 0 spiro atoms. The van der Waals surface area contributed by atoms with Crippen LogP contribution in [-0.4, -0.2) is 11.7 Å². The fraction of sp³-hybridized carbons (Fsp3) is 0.462. The van der Waals surface area contributed by atoms with Crippen molar-refractivity contribution < 1.29 is 22.7 Å². The molecule has 0 heterocycles. The van der Waals surface area contributed by atoms with Gasteiger partial charge in [-0.25, -0.2) is 4.79 Å². The molecule has 7 heteroatoms. The van der Waals surface area contributed by atoms with Gasteiger partial charge in [-0.15, -0.1) is 0 Å². The van der Waals surface area contributed by atoms with Crippen LogP contribution >= 0.6 is 0 Å². The Kier molecular flexibility index (Phi) is 4.52. The molecule has 4 nitrogen and oxygen atoms in total. The van der Waals surface area contributed by atoms with Crippen LogP contribution in [0.2, 0.25) is 0 Å². The van der Waals surface area contributed by atoms with Gasteiger partial charge in [0.25, 0.3) is 0 Å². The van der Waals surface area contributed by atoms with Gasteiger partial charge in [0.1, 0.15) is 5.60 Å². The molecule has 0 unspecified atom stereocenters. The highest BCUT2D eigenvalue weighted by atomic mass is 19.4. The number of anilines is 1. The van der Waals surface area contributed by atoms with E-state index in [2.05, 4.69) is 5.32 Å². The van der Waals surface area contributed by atoms with Gasteiger partial charge in [-0.2, -0.15) is 13.2 Å². The van der Waals surface area contributed by atoms with Gasteiger partial charge in [0.05, 0.1) is 5.56 Å². The van der Waals surface area contributed by atoms with Gasteiger partial charge >= 0.3 is 12.3 Å². The molecule has 0 radical (unpaired) electrons. The van der Waals surface area contributed by atoms with E-state index in [1.54, 1.807) is 20.8 Å². The van der Waals surface area contributed by atoms with E-state index in [0.29, 0.717) is 0 Å². The van der Waals surface area contributed by atoms with Crippen LogP contribution in [0.15, 0.2) is 18.2 Å². The van der Waals surface area contributed by atoms with Gasteiger partial charge in [-0.05, 0) is 38.5 Å². The number of carbonyl (C=O) groups excluding carboxylic acids is 1. The van der Waals surface area contributed by atoms with Gasteiger partial charge in [-0.3, -0.25) is 0 Å². The number of nitrogens with one attached hydrogen (secondary N) is 1. The van der Waals surface area contributed by atoms with Crippen LogP contribution in [0.3, 0.4) is 0 Å². The molecule has 0 aromatic heterocycles. The topological polar surface area (TPSA) is 64.3 Å². The Labute approximate surface area is 115 Å². The van der Waals surface area contributed by atoms with Crippen molar-refractivity contribution in [1.29, 1.82) is 0 Å². The number of nitrogen functional groups attached to an aromatic ring is 1. The summed E-state index contributed by atoms with van der Waals surface area (Å²) in [4.78, 5) is 11.4. The van der Waals surface area contributed by atoms with Crippen molar-refractivity contribution in [2.45, 2.75) is 39.1 Å². The fourth-order valence-electron chi connectivity index (χ4n) is 1.49. The molecule has 0 saturated heterocycles. The van der Waals surface area contributed by atoms with Gasteiger partial charge in [0.2, 0.25) is 0 Å². The summed E-state index contributed by atoms with van der Waals surface area (Å²) in [5.74, 6) is 0. The van der Waals surface area contributed by atoms with E-state index in [4.69, 9.17) is 10.5 Å². The van der Waals surface area contributed by atoms with Crippen LogP contribution in [0, 0.1) is 0 Å². The van der Waals surface area contributed by atoms with Gasteiger partial charge in [0.15, 0.2) is 0 Å². The summed E-state index contributed by atoms with van der Waals surface area (Å²) < 4.78 is 43.4. The monoisotopic (exact) mass is 290 g/mol. The largest absolute Gasteiger partial charge is 0.444 e. The highest BCUT2D eigenvalue weighted by Gasteiger charge is 2.33. The molecule has 0 aliphatic heterocycles. The van der Waals surface area contributed by atoms with E-state index in [9.17, 15) is 18.0 Å². The number of nitrogens with two attached hydrogens (primary N) is 1. The molecular weight excluding hydrogens is 273 g/mol. The quantitative estimate of drug-likeness (QED) is 0.821. The highest BCUT2D eigenvalue weighted by molar-refractivity contribution is 5.67. The first kappa shape index (κ1) is 16.1. The summed E-state index contributed by atoms with van der Waals surface area (Å²) in [6.07, 6.45) is -5.30. The van der Waals surface area contributed by atoms with E-state index < -0.39 is 23.4 Å². The van der Waals surface area contributed by atoms with Crippen LogP contribution in [-0.2, 0) is 17.5 Å². The predicted molar refractivity (Wildman–Crippen MR) is 68.9 cm³/mol. The average Bonchev–Trinajstić information content (AvgIpc) is 2.23. The third-order valence-electron chi connectivity index (χ3n) is 2.26. The minimum Gasteiger partial charge on any atom is -0.444 e. The number of amides is 1. The van der Waals surface area contributed by atoms with Crippen LogP contribution < -0.4 is 11.1 Å². The second-order valence-electron chi connectivity index (χ2n) is 5.27. The standard InChI is InChI=1S/C13H17F3N2O2/c1-12(2,3)20-11(19)18-7-8-4-5-9(17)6-10(8)13(14,15)16/h4-6H,7,17H2,1-3H3,(H,18,19). The van der Waals surface area contributed by atoms with Crippen LogP contribution in [0.5, 0.6) is 0 Å². The number of rotatable bonds is 2. The maximum absolute atomic E-state index is 12.8. The summed E-state index contributed by atoms with van der Waals surface area (Å²) >= 11 is 0. The molecule has 0 bridgehead atoms. The Morgan fingerprint density at radius 1 is 1.30 bits per heavy atom. The summed E-state index contributed by atoms with van der Waals surface area (Å²) in [7, 11) is 0. The maximum Gasteiger partial charge on any atom is 0.416 e. The molecule has 1 aromatic rings. The molecule has 0 aliphatic rings. The van der Waals surface area contributed by atoms with E-state index in [-0.39, 0.29) is 17.8 Å². The number of halogens is 3. The number of alkyl halides is 3. The smallest absolute Gasteiger partial charge is 0.416 e. The van der Waals surface area contributed by atoms with Crippen molar-refractivity contribution in [2.75, 3.05) is 5.73 Å². The highest BCUT2D eigenvalue weighted by Crippen LogP contribution is 2.33. The Balaban J connectivity index is 2.81. The van der Waals surface area contributed by atoms with Gasteiger partial charge < -0.3 is 15.8 Å². The van der Waals surface area contributed by atoms with Crippen molar-refractivity contribution in [1.82, 2.24) is 5.32 Å². The second kappa shape index (κ2) is 5.60. The molecule has 20 heavy (non-hydrogen) atoms. The summed E-state index contributed by atoms with van der Waals surface area (Å²) in [6, 6.07) is 3.42. The third-order valence-corrected chi connectivity index (χ3v) is 2.26. The minimum atomic E-state index is -4.53. The molecule has 112 valence electrons. The lowest BCUT2D eigenvalue weighted by molar-refractivity contribution is -0.138. The van der Waals surface area contributed by atoms with Crippen molar-refractivity contribution >= 4 is 11.8 Å². The average molecular weight is 290 g/mol. The van der Waals surface area contributed by atoms with E-state index in [1.165, 1.54) is 12.1 Å². The number of carbonyl (C=O) groups is 1. The zero-order valence-corrected chi connectivity index (χ0v) is 11.5. The maximum atomic E-state index is 12.8. The van der Waals surface area contributed by atoms with Crippen molar-refractivity contribution in [2.24, 2.45) is 0 Å². The Morgan fingerprint density at radius 3 is 2.40 bits per heavy atom. The number of hydrogen-bond acceptors (Lipinski definition) is 3. The molecule has 0 aliphatic carbocycles.